The van der Waals surface area contributed by atoms with Gasteiger partial charge in [0, 0.05) is 17.5 Å². The lowest BCUT2D eigenvalue weighted by molar-refractivity contribution is -0.157. The molecule has 0 N–H and O–H groups in total. The summed E-state index contributed by atoms with van der Waals surface area (Å²) in [6, 6.07) is 15.3. The van der Waals surface area contributed by atoms with Gasteiger partial charge in [0.2, 0.25) is 0 Å². The zero-order chi connectivity index (χ0) is 19.9. The first-order valence-corrected chi connectivity index (χ1v) is 8.99. The number of benzene rings is 2. The van der Waals surface area contributed by atoms with E-state index in [-0.39, 0.29) is 12.2 Å². The van der Waals surface area contributed by atoms with E-state index in [1.807, 2.05) is 6.07 Å². The van der Waals surface area contributed by atoms with Crippen molar-refractivity contribution in [1.82, 2.24) is 0 Å². The van der Waals surface area contributed by atoms with Gasteiger partial charge in [-0.1, -0.05) is 60.7 Å². The molecule has 0 unspecified atom stereocenters. The Balaban J connectivity index is 2.06. The lowest BCUT2D eigenvalue weighted by Gasteiger charge is -2.18. The largest absolute Gasteiger partial charge is 0.459 e. The van der Waals surface area contributed by atoms with Crippen LogP contribution in [0, 0.1) is 0 Å². The Morgan fingerprint density at radius 1 is 1.11 bits per heavy atom. The lowest BCUT2D eigenvalue weighted by Crippen LogP contribution is -2.27. The third-order valence-corrected chi connectivity index (χ3v) is 4.33. The fourth-order valence-corrected chi connectivity index (χ4v) is 2.60. The minimum absolute atomic E-state index is 0.0685. The van der Waals surface area contributed by atoms with Crippen LogP contribution in [0.4, 0.5) is 8.78 Å². The molecule has 2 rings (SSSR count). The first-order chi connectivity index (χ1) is 12.8. The minimum Gasteiger partial charge on any atom is -0.459 e. The number of rotatable bonds is 9. The summed E-state index contributed by atoms with van der Waals surface area (Å²) in [6.45, 7) is 0.575. The van der Waals surface area contributed by atoms with Gasteiger partial charge in [-0.05, 0) is 30.3 Å². The van der Waals surface area contributed by atoms with Crippen molar-refractivity contribution in [2.75, 3.05) is 6.61 Å². The van der Waals surface area contributed by atoms with Crippen LogP contribution in [0.15, 0.2) is 54.6 Å². The molecule has 3 nitrogen and oxygen atoms in total. The molecule has 0 aliphatic rings. The van der Waals surface area contributed by atoms with Crippen LogP contribution in [0.3, 0.4) is 0 Å². The normalized spacial score (nSPS) is 12.3. The Bertz CT molecular complexity index is 806. The Morgan fingerprint density at radius 2 is 1.78 bits per heavy atom. The Morgan fingerprint density at radius 3 is 2.44 bits per heavy atom. The number of ether oxygens (including phenoxy) is 1. The highest BCUT2D eigenvalue weighted by Crippen LogP contribution is 2.24. The van der Waals surface area contributed by atoms with Crippen molar-refractivity contribution in [2.24, 2.45) is 0 Å². The first kappa shape index (κ1) is 20.8. The zero-order valence-electron chi connectivity index (χ0n) is 14.9. The second-order valence-corrected chi connectivity index (χ2v) is 6.54. The highest BCUT2D eigenvalue weighted by atomic mass is 32.1. The molecule has 142 valence electrons. The molecule has 0 saturated heterocycles. The van der Waals surface area contributed by atoms with Crippen LogP contribution >= 0.6 is 12.2 Å². The summed E-state index contributed by atoms with van der Waals surface area (Å²) in [5.41, 5.74) is 1.48. The van der Waals surface area contributed by atoms with E-state index in [0.717, 1.165) is 0 Å². The van der Waals surface area contributed by atoms with Crippen molar-refractivity contribution in [3.63, 3.8) is 0 Å². The Hall–Kier alpha value is -2.47. The molecule has 2 aromatic rings. The molecular formula is C21H20F2O3S. The van der Waals surface area contributed by atoms with Crippen molar-refractivity contribution in [2.45, 2.75) is 31.6 Å². The van der Waals surface area contributed by atoms with Crippen LogP contribution in [-0.4, -0.2) is 29.6 Å². The minimum atomic E-state index is -3.12. The smallest absolute Gasteiger partial charge is 0.313 e. The van der Waals surface area contributed by atoms with Gasteiger partial charge in [0.1, 0.15) is 0 Å². The second kappa shape index (κ2) is 9.46. The maximum Gasteiger partial charge on any atom is 0.313 e. The average molecular weight is 390 g/mol. The molecule has 0 heterocycles. The molecule has 0 fully saturated rings. The number of hydrogen-bond donors (Lipinski definition) is 0. The van der Waals surface area contributed by atoms with Gasteiger partial charge in [0.25, 0.3) is 5.92 Å². The molecule has 2 aromatic carbocycles. The SMILES string of the molecule is C[C@@H](C(=O)OCC(F)(F)CCC=S)c1cccc(C(=O)c2ccccc2)c1. The second-order valence-electron chi connectivity index (χ2n) is 6.21. The van der Waals surface area contributed by atoms with E-state index in [0.29, 0.717) is 16.7 Å². The van der Waals surface area contributed by atoms with Crippen molar-refractivity contribution in [1.29, 1.82) is 0 Å². The predicted molar refractivity (Wildman–Crippen MR) is 104 cm³/mol. The van der Waals surface area contributed by atoms with Gasteiger partial charge < -0.3 is 4.74 Å². The number of alkyl halides is 2. The molecule has 0 saturated carbocycles. The number of carbonyl (C=O) groups excluding carboxylic acids is 2. The molecule has 1 atom stereocenters. The molecule has 0 aliphatic heterocycles. The van der Waals surface area contributed by atoms with Gasteiger partial charge in [-0.2, -0.15) is 0 Å². The fourth-order valence-electron chi connectivity index (χ4n) is 2.49. The summed E-state index contributed by atoms with van der Waals surface area (Å²) < 4.78 is 32.0. The zero-order valence-corrected chi connectivity index (χ0v) is 15.7. The number of halogens is 2. The summed E-state index contributed by atoms with van der Waals surface area (Å²) in [6.07, 6.45) is -0.391. The van der Waals surface area contributed by atoms with E-state index in [1.165, 1.54) is 5.37 Å². The Kier molecular flexibility index (Phi) is 7.30. The number of carbonyl (C=O) groups is 2. The molecule has 6 heteroatoms. The van der Waals surface area contributed by atoms with Crippen LogP contribution in [0.2, 0.25) is 0 Å². The molecule has 0 bridgehead atoms. The average Bonchev–Trinajstić information content (AvgIpc) is 2.70. The summed E-state index contributed by atoms with van der Waals surface area (Å²) in [4.78, 5) is 24.7. The topological polar surface area (TPSA) is 43.4 Å². The molecular weight excluding hydrogens is 370 g/mol. The van der Waals surface area contributed by atoms with Gasteiger partial charge >= 0.3 is 5.97 Å². The van der Waals surface area contributed by atoms with Crippen molar-refractivity contribution < 1.29 is 23.1 Å². The first-order valence-electron chi connectivity index (χ1n) is 8.52. The van der Waals surface area contributed by atoms with Crippen molar-refractivity contribution in [3.05, 3.63) is 71.3 Å². The molecule has 0 radical (unpaired) electrons. The maximum absolute atomic E-state index is 13.6. The van der Waals surface area contributed by atoms with E-state index in [2.05, 4.69) is 12.2 Å². The summed E-state index contributed by atoms with van der Waals surface area (Å²) in [5, 5.41) is 1.23. The van der Waals surface area contributed by atoms with E-state index >= 15 is 0 Å². The highest BCUT2D eigenvalue weighted by Gasteiger charge is 2.31. The third kappa shape index (κ3) is 6.03. The summed E-state index contributed by atoms with van der Waals surface area (Å²) >= 11 is 4.54. The van der Waals surface area contributed by atoms with Gasteiger partial charge in [0.15, 0.2) is 12.4 Å². The fraction of sp³-hybridized carbons (Fsp3) is 0.286. The number of hydrogen-bond acceptors (Lipinski definition) is 4. The van der Waals surface area contributed by atoms with E-state index < -0.39 is 30.8 Å². The number of esters is 1. The van der Waals surface area contributed by atoms with Crippen molar-refractivity contribution in [3.8, 4) is 0 Å². The van der Waals surface area contributed by atoms with E-state index in [1.54, 1.807) is 55.5 Å². The van der Waals surface area contributed by atoms with Gasteiger partial charge in [0.05, 0.1) is 5.92 Å². The number of thiocarbonyl (C=S) groups is 1. The number of ketones is 1. The van der Waals surface area contributed by atoms with Crippen LogP contribution in [0.1, 0.15) is 47.2 Å². The third-order valence-electron chi connectivity index (χ3n) is 4.09. The van der Waals surface area contributed by atoms with E-state index in [4.69, 9.17) is 4.74 Å². The van der Waals surface area contributed by atoms with Gasteiger partial charge in [-0.25, -0.2) is 8.78 Å². The Labute approximate surface area is 162 Å². The van der Waals surface area contributed by atoms with Crippen molar-refractivity contribution >= 4 is 29.3 Å². The molecule has 0 amide bonds. The van der Waals surface area contributed by atoms with Gasteiger partial charge in [-0.3, -0.25) is 9.59 Å². The maximum atomic E-state index is 13.6. The van der Waals surface area contributed by atoms with Crippen LogP contribution in [-0.2, 0) is 9.53 Å². The molecule has 0 aromatic heterocycles. The molecule has 27 heavy (non-hydrogen) atoms. The monoisotopic (exact) mass is 390 g/mol. The molecule has 0 aliphatic carbocycles. The quantitative estimate of drug-likeness (QED) is 0.344. The highest BCUT2D eigenvalue weighted by molar-refractivity contribution is 7.78. The van der Waals surface area contributed by atoms with Crippen LogP contribution < -0.4 is 0 Å². The lowest BCUT2D eigenvalue weighted by atomic mass is 9.96. The summed E-state index contributed by atoms with van der Waals surface area (Å²) in [7, 11) is 0. The van der Waals surface area contributed by atoms with Crippen LogP contribution in [0.5, 0.6) is 0 Å². The van der Waals surface area contributed by atoms with Gasteiger partial charge in [-0.15, -0.1) is 0 Å². The standard InChI is InChI=1S/C21H20F2O3S/c1-15(20(25)26-14-21(22,23)11-6-12-27)17-9-5-10-18(13-17)19(24)16-7-3-2-4-8-16/h2-5,7-10,12-13,15H,6,11,14H2,1H3/t15-/m1/s1. The van der Waals surface area contributed by atoms with E-state index in [9.17, 15) is 18.4 Å². The predicted octanol–water partition coefficient (Wildman–Crippen LogP) is 4.98. The van der Waals surface area contributed by atoms with Crippen LogP contribution in [0.25, 0.3) is 0 Å². The summed E-state index contributed by atoms with van der Waals surface area (Å²) in [5.74, 6) is -4.82. The molecule has 0 spiro atoms.